The first-order chi connectivity index (χ1) is 6.25. The van der Waals surface area contributed by atoms with E-state index in [4.69, 9.17) is 5.73 Å². The van der Waals surface area contributed by atoms with Crippen LogP contribution in [0.2, 0.25) is 0 Å². The fourth-order valence-electron chi connectivity index (χ4n) is 1.07. The van der Waals surface area contributed by atoms with Gasteiger partial charge in [0, 0.05) is 12.1 Å². The average Bonchev–Trinajstić information content (AvgIpc) is 2.52. The normalized spacial score (nSPS) is 10.2. The highest BCUT2D eigenvalue weighted by atomic mass is 16.1. The standard InChI is InChI=1S/C8H8N4O/c9-7-4-6(11-12-7)5-2-1-3-8(13)10-5/h1-4H,(H,10,13)(H3,9,11,12). The summed E-state index contributed by atoms with van der Waals surface area (Å²) < 4.78 is 0. The Balaban J connectivity index is 2.52. The minimum atomic E-state index is -0.154. The molecule has 0 radical (unpaired) electrons. The van der Waals surface area contributed by atoms with Crippen LogP contribution in [-0.2, 0) is 0 Å². The average molecular weight is 176 g/mol. The molecule has 0 aliphatic heterocycles. The molecule has 5 heteroatoms. The number of aromatic amines is 2. The lowest BCUT2D eigenvalue weighted by Gasteiger charge is -1.92. The van der Waals surface area contributed by atoms with Crippen LogP contribution in [0.3, 0.4) is 0 Å². The second-order valence-electron chi connectivity index (χ2n) is 2.64. The predicted octanol–water partition coefficient (Wildman–Crippen LogP) is 0.347. The zero-order chi connectivity index (χ0) is 9.26. The molecule has 4 N–H and O–H groups in total. The van der Waals surface area contributed by atoms with Crippen LogP contribution in [0.25, 0.3) is 11.4 Å². The summed E-state index contributed by atoms with van der Waals surface area (Å²) >= 11 is 0. The quantitative estimate of drug-likeness (QED) is 0.585. The van der Waals surface area contributed by atoms with Crippen LogP contribution in [-0.4, -0.2) is 15.2 Å². The molecular weight excluding hydrogens is 168 g/mol. The van der Waals surface area contributed by atoms with Crippen molar-refractivity contribution in [1.29, 1.82) is 0 Å². The molecule has 2 rings (SSSR count). The number of anilines is 1. The highest BCUT2D eigenvalue weighted by Crippen LogP contribution is 2.13. The van der Waals surface area contributed by atoms with Crippen molar-refractivity contribution < 1.29 is 0 Å². The van der Waals surface area contributed by atoms with Crippen LogP contribution in [0.5, 0.6) is 0 Å². The number of rotatable bonds is 1. The summed E-state index contributed by atoms with van der Waals surface area (Å²) in [4.78, 5) is 13.6. The number of hydrogen-bond acceptors (Lipinski definition) is 3. The number of nitrogens with one attached hydrogen (secondary N) is 2. The van der Waals surface area contributed by atoms with Crippen LogP contribution in [0.1, 0.15) is 0 Å². The van der Waals surface area contributed by atoms with Crippen molar-refractivity contribution in [3.05, 3.63) is 34.6 Å². The smallest absolute Gasteiger partial charge is 0.248 e. The molecule has 2 aromatic rings. The van der Waals surface area contributed by atoms with Crippen molar-refractivity contribution in [2.45, 2.75) is 0 Å². The van der Waals surface area contributed by atoms with E-state index in [-0.39, 0.29) is 5.56 Å². The van der Waals surface area contributed by atoms with Crippen LogP contribution in [0.15, 0.2) is 29.1 Å². The highest BCUT2D eigenvalue weighted by Gasteiger charge is 2.01. The Morgan fingerprint density at radius 2 is 2.23 bits per heavy atom. The Bertz CT molecular complexity index is 471. The zero-order valence-electron chi connectivity index (χ0n) is 6.74. The van der Waals surface area contributed by atoms with E-state index in [2.05, 4.69) is 15.2 Å². The molecule has 0 saturated carbocycles. The van der Waals surface area contributed by atoms with Crippen molar-refractivity contribution in [2.24, 2.45) is 0 Å². The zero-order valence-corrected chi connectivity index (χ0v) is 6.74. The third-order valence-corrected chi connectivity index (χ3v) is 1.64. The van der Waals surface area contributed by atoms with Gasteiger partial charge in [-0.05, 0) is 6.07 Å². The van der Waals surface area contributed by atoms with Crippen molar-refractivity contribution in [1.82, 2.24) is 15.2 Å². The molecular formula is C8H8N4O. The van der Waals surface area contributed by atoms with Gasteiger partial charge in [-0.15, -0.1) is 0 Å². The van der Waals surface area contributed by atoms with Crippen LogP contribution < -0.4 is 11.3 Å². The van der Waals surface area contributed by atoms with Gasteiger partial charge in [-0.3, -0.25) is 9.89 Å². The Morgan fingerprint density at radius 3 is 2.85 bits per heavy atom. The molecule has 0 unspecified atom stereocenters. The number of pyridine rings is 1. The van der Waals surface area contributed by atoms with Crippen LogP contribution >= 0.6 is 0 Å². The summed E-state index contributed by atoms with van der Waals surface area (Å²) in [7, 11) is 0. The number of H-pyrrole nitrogens is 2. The van der Waals surface area contributed by atoms with Crippen LogP contribution in [0.4, 0.5) is 5.82 Å². The van der Waals surface area contributed by atoms with Crippen LogP contribution in [0, 0.1) is 0 Å². The molecule has 0 aromatic carbocycles. The molecule has 2 heterocycles. The number of hydrogen-bond donors (Lipinski definition) is 3. The molecule has 2 aromatic heterocycles. The second kappa shape index (κ2) is 2.78. The molecule has 0 saturated heterocycles. The Labute approximate surface area is 73.6 Å². The van der Waals surface area contributed by atoms with Gasteiger partial charge < -0.3 is 10.7 Å². The molecule has 5 nitrogen and oxygen atoms in total. The van der Waals surface area contributed by atoms with Gasteiger partial charge in [0.2, 0.25) is 5.56 Å². The molecule has 0 atom stereocenters. The largest absolute Gasteiger partial charge is 0.384 e. The molecule has 0 spiro atoms. The summed E-state index contributed by atoms with van der Waals surface area (Å²) in [5.74, 6) is 0.472. The lowest BCUT2D eigenvalue weighted by Crippen LogP contribution is -2.03. The molecule has 66 valence electrons. The Morgan fingerprint density at radius 1 is 1.38 bits per heavy atom. The number of aromatic nitrogens is 3. The summed E-state index contributed by atoms with van der Waals surface area (Å²) in [6.07, 6.45) is 0. The Hall–Kier alpha value is -2.04. The van der Waals surface area contributed by atoms with Crippen molar-refractivity contribution in [2.75, 3.05) is 5.73 Å². The van der Waals surface area contributed by atoms with E-state index in [0.717, 1.165) is 0 Å². The third-order valence-electron chi connectivity index (χ3n) is 1.64. The van der Waals surface area contributed by atoms with E-state index < -0.39 is 0 Å². The van der Waals surface area contributed by atoms with Gasteiger partial charge in [0.15, 0.2) is 0 Å². The van der Waals surface area contributed by atoms with Gasteiger partial charge in [0.05, 0.1) is 5.69 Å². The van der Waals surface area contributed by atoms with Crippen molar-refractivity contribution >= 4 is 5.82 Å². The first-order valence-corrected chi connectivity index (χ1v) is 3.76. The van der Waals surface area contributed by atoms with E-state index in [1.807, 2.05) is 0 Å². The summed E-state index contributed by atoms with van der Waals surface area (Å²) in [6, 6.07) is 6.53. The lowest BCUT2D eigenvalue weighted by molar-refractivity contribution is 1.09. The fourth-order valence-corrected chi connectivity index (χ4v) is 1.07. The lowest BCUT2D eigenvalue weighted by atomic mass is 10.3. The van der Waals surface area contributed by atoms with Crippen molar-refractivity contribution in [3.63, 3.8) is 0 Å². The summed E-state index contributed by atoms with van der Waals surface area (Å²) in [5, 5.41) is 6.50. The van der Waals surface area contributed by atoms with E-state index >= 15 is 0 Å². The van der Waals surface area contributed by atoms with Gasteiger partial charge >= 0.3 is 0 Å². The molecule has 0 fully saturated rings. The van der Waals surface area contributed by atoms with E-state index in [1.54, 1.807) is 18.2 Å². The highest BCUT2D eigenvalue weighted by molar-refractivity contribution is 5.57. The minimum Gasteiger partial charge on any atom is -0.384 e. The molecule has 0 aliphatic carbocycles. The summed E-state index contributed by atoms with van der Waals surface area (Å²) in [6.45, 7) is 0. The fraction of sp³-hybridized carbons (Fsp3) is 0. The first-order valence-electron chi connectivity index (χ1n) is 3.76. The number of nitrogens with zero attached hydrogens (tertiary/aromatic N) is 1. The SMILES string of the molecule is Nc1cc(-c2cccc(=O)[nH]2)n[nH]1. The molecule has 0 aliphatic rings. The first kappa shape index (κ1) is 7.60. The Kier molecular flexibility index (Phi) is 1.63. The maximum atomic E-state index is 10.9. The number of nitrogen functional groups attached to an aromatic ring is 1. The van der Waals surface area contributed by atoms with Gasteiger partial charge in [-0.2, -0.15) is 5.10 Å². The minimum absolute atomic E-state index is 0.154. The third kappa shape index (κ3) is 1.44. The number of nitrogens with two attached hydrogens (primary N) is 1. The van der Waals surface area contributed by atoms with Crippen molar-refractivity contribution in [3.8, 4) is 11.4 Å². The second-order valence-corrected chi connectivity index (χ2v) is 2.64. The van der Waals surface area contributed by atoms with E-state index in [0.29, 0.717) is 17.2 Å². The van der Waals surface area contributed by atoms with E-state index in [9.17, 15) is 4.79 Å². The maximum Gasteiger partial charge on any atom is 0.248 e. The van der Waals surface area contributed by atoms with Gasteiger partial charge in [0.1, 0.15) is 11.5 Å². The monoisotopic (exact) mass is 176 g/mol. The topological polar surface area (TPSA) is 87.6 Å². The molecule has 13 heavy (non-hydrogen) atoms. The summed E-state index contributed by atoms with van der Waals surface area (Å²) in [5.41, 5.74) is 6.58. The molecule has 0 amide bonds. The van der Waals surface area contributed by atoms with Gasteiger partial charge in [-0.1, -0.05) is 6.07 Å². The van der Waals surface area contributed by atoms with Gasteiger partial charge in [-0.25, -0.2) is 0 Å². The predicted molar refractivity (Wildman–Crippen MR) is 49.1 cm³/mol. The van der Waals surface area contributed by atoms with E-state index in [1.165, 1.54) is 6.07 Å². The maximum absolute atomic E-state index is 10.9. The van der Waals surface area contributed by atoms with Gasteiger partial charge in [0.25, 0.3) is 0 Å². The molecule has 0 bridgehead atoms.